The minimum absolute atomic E-state index is 0.293. The summed E-state index contributed by atoms with van der Waals surface area (Å²) in [5, 5.41) is 8.44. The van der Waals surface area contributed by atoms with Crippen molar-refractivity contribution in [2.75, 3.05) is 0 Å². The Labute approximate surface area is 142 Å². The van der Waals surface area contributed by atoms with Crippen molar-refractivity contribution in [3.05, 3.63) is 108 Å². The predicted molar refractivity (Wildman–Crippen MR) is 96.6 cm³/mol. The van der Waals surface area contributed by atoms with E-state index in [1.165, 1.54) is 0 Å². The molecule has 1 unspecified atom stereocenters. The molecule has 120 valence electrons. The van der Waals surface area contributed by atoms with Crippen LogP contribution in [0.5, 0.6) is 0 Å². The Kier molecular flexibility index (Phi) is 4.93. The summed E-state index contributed by atoms with van der Waals surface area (Å²) < 4.78 is 5.12. The molecule has 3 aromatic rings. The summed E-state index contributed by atoms with van der Waals surface area (Å²) in [6.45, 7) is 0. The first-order valence-electron chi connectivity index (χ1n) is 7.57. The highest BCUT2D eigenvalue weighted by molar-refractivity contribution is 7.35. The third-order valence-electron chi connectivity index (χ3n) is 3.91. The van der Waals surface area contributed by atoms with E-state index in [1.54, 1.807) is 0 Å². The summed E-state index contributed by atoms with van der Waals surface area (Å²) in [6, 6.07) is 29.7. The van der Waals surface area contributed by atoms with Gasteiger partial charge in [0.25, 0.3) is 0 Å². The summed E-state index contributed by atoms with van der Waals surface area (Å²) in [7, 11) is -0.293. The summed E-state index contributed by atoms with van der Waals surface area (Å²) in [6.07, 6.45) is -1.26. The number of carbonyl (C=O) groups is 1. The fraction of sp³-hybridized carbons (Fsp3) is 0.0500. The molecule has 0 amide bonds. The normalized spacial score (nSPS) is 11.5. The molecule has 4 heteroatoms. The van der Waals surface area contributed by atoms with Crippen molar-refractivity contribution in [2.24, 2.45) is 0 Å². The largest absolute Gasteiger partial charge is 0.508 e. The van der Waals surface area contributed by atoms with E-state index in [4.69, 9.17) is 9.63 Å². The molecule has 3 aromatic carbocycles. The van der Waals surface area contributed by atoms with Crippen LogP contribution < -0.4 is 0 Å². The van der Waals surface area contributed by atoms with E-state index >= 15 is 0 Å². The number of carboxylic acid groups (broad SMARTS) is 1. The van der Waals surface area contributed by atoms with Crippen molar-refractivity contribution in [3.63, 3.8) is 0 Å². The lowest BCUT2D eigenvalue weighted by Gasteiger charge is -2.34. The molecule has 0 saturated heterocycles. The predicted octanol–water partition coefficient (Wildman–Crippen LogP) is 5.27. The van der Waals surface area contributed by atoms with E-state index in [9.17, 15) is 4.79 Å². The minimum atomic E-state index is -1.26. The fourth-order valence-electron chi connectivity index (χ4n) is 2.86. The van der Waals surface area contributed by atoms with E-state index in [1.807, 2.05) is 91.0 Å². The van der Waals surface area contributed by atoms with E-state index in [0.717, 1.165) is 16.7 Å². The van der Waals surface area contributed by atoms with Crippen LogP contribution in [0, 0.1) is 0 Å². The molecule has 0 aliphatic carbocycles. The summed E-state index contributed by atoms with van der Waals surface area (Å²) in [4.78, 5) is 11.1. The molecule has 0 heterocycles. The van der Waals surface area contributed by atoms with Crippen LogP contribution in [0.25, 0.3) is 0 Å². The van der Waals surface area contributed by atoms with Crippen molar-refractivity contribution in [1.29, 1.82) is 0 Å². The molecule has 0 aliphatic heterocycles. The molecule has 0 radical (unpaired) electrons. The van der Waals surface area contributed by atoms with Gasteiger partial charge in [-0.15, -0.1) is 0 Å². The minimum Gasteiger partial charge on any atom is -0.450 e. The molecule has 0 spiro atoms. The van der Waals surface area contributed by atoms with Crippen molar-refractivity contribution in [2.45, 2.75) is 5.16 Å². The van der Waals surface area contributed by atoms with Gasteiger partial charge >= 0.3 is 6.16 Å². The molecule has 3 rings (SSSR count). The Morgan fingerprint density at radius 1 is 0.708 bits per heavy atom. The maximum atomic E-state index is 11.1. The third-order valence-corrected chi connectivity index (χ3v) is 5.36. The van der Waals surface area contributed by atoms with Crippen molar-refractivity contribution >= 4 is 15.0 Å². The van der Waals surface area contributed by atoms with Gasteiger partial charge in [0.05, 0.1) is 5.16 Å². The number of benzene rings is 3. The van der Waals surface area contributed by atoms with Gasteiger partial charge in [0, 0.05) is 0 Å². The first-order chi connectivity index (χ1) is 11.7. The second kappa shape index (κ2) is 7.29. The summed E-state index contributed by atoms with van der Waals surface area (Å²) in [5.74, 6) is 0. The highest BCUT2D eigenvalue weighted by Gasteiger charge is 2.38. The van der Waals surface area contributed by atoms with Gasteiger partial charge in [-0.05, 0) is 16.7 Å². The SMILES string of the molecule is O=C(O)OPC(c1ccccc1)(c1ccccc1)c1ccccc1. The lowest BCUT2D eigenvalue weighted by atomic mass is 9.84. The molecule has 0 bridgehead atoms. The van der Waals surface area contributed by atoms with Gasteiger partial charge in [-0.25, -0.2) is 4.79 Å². The molecule has 3 nitrogen and oxygen atoms in total. The van der Waals surface area contributed by atoms with E-state index < -0.39 is 11.3 Å². The molecular weight excluding hydrogens is 319 g/mol. The van der Waals surface area contributed by atoms with Crippen LogP contribution in [0.2, 0.25) is 0 Å². The Morgan fingerprint density at radius 2 is 1.04 bits per heavy atom. The lowest BCUT2D eigenvalue weighted by molar-refractivity contribution is 0.150. The molecule has 1 N–H and O–H groups in total. The molecular formula is C20H17O3P. The van der Waals surface area contributed by atoms with Gasteiger partial charge in [0.2, 0.25) is 0 Å². The van der Waals surface area contributed by atoms with E-state index in [-0.39, 0.29) is 8.81 Å². The average Bonchev–Trinajstić information content (AvgIpc) is 2.65. The van der Waals surface area contributed by atoms with Gasteiger partial charge in [0.15, 0.2) is 0 Å². The zero-order valence-corrected chi connectivity index (χ0v) is 13.9. The zero-order valence-electron chi connectivity index (χ0n) is 12.9. The number of hydrogen-bond acceptors (Lipinski definition) is 2. The molecule has 0 aliphatic rings. The standard InChI is InChI=1S/C20H17O3P/c21-19(22)23-24-20(16-10-4-1-5-11-16,17-12-6-2-7-13-17)18-14-8-3-9-15-18/h1-15,24H,(H,21,22). The Bertz CT molecular complexity index is 692. The molecule has 0 aromatic heterocycles. The van der Waals surface area contributed by atoms with Crippen LogP contribution >= 0.6 is 8.81 Å². The third kappa shape index (κ3) is 3.17. The van der Waals surface area contributed by atoms with E-state index in [2.05, 4.69) is 0 Å². The van der Waals surface area contributed by atoms with Crippen LogP contribution in [0.15, 0.2) is 91.0 Å². The smallest absolute Gasteiger partial charge is 0.450 e. The van der Waals surface area contributed by atoms with E-state index in [0.29, 0.717) is 0 Å². The Balaban J connectivity index is 2.26. The van der Waals surface area contributed by atoms with Crippen molar-refractivity contribution in [3.8, 4) is 0 Å². The Hall–Kier alpha value is -2.64. The lowest BCUT2D eigenvalue weighted by Crippen LogP contribution is -2.25. The zero-order chi connectivity index (χ0) is 16.8. The van der Waals surface area contributed by atoms with Gasteiger partial charge < -0.3 is 9.63 Å². The first kappa shape index (κ1) is 16.2. The quantitative estimate of drug-likeness (QED) is 0.510. The van der Waals surface area contributed by atoms with Crippen LogP contribution in [0.1, 0.15) is 16.7 Å². The molecule has 0 saturated carbocycles. The Morgan fingerprint density at radius 3 is 1.33 bits per heavy atom. The fourth-order valence-corrected chi connectivity index (χ4v) is 3.96. The monoisotopic (exact) mass is 336 g/mol. The maximum Gasteiger partial charge on any atom is 0.508 e. The number of rotatable bonds is 5. The van der Waals surface area contributed by atoms with Crippen molar-refractivity contribution in [1.82, 2.24) is 0 Å². The van der Waals surface area contributed by atoms with Crippen LogP contribution in [-0.4, -0.2) is 11.3 Å². The first-order valence-corrected chi connectivity index (χ1v) is 8.48. The summed E-state index contributed by atoms with van der Waals surface area (Å²) >= 11 is 0. The topological polar surface area (TPSA) is 46.5 Å². The molecule has 24 heavy (non-hydrogen) atoms. The highest BCUT2D eigenvalue weighted by Crippen LogP contribution is 2.52. The second-order valence-electron chi connectivity index (χ2n) is 5.32. The maximum absolute atomic E-state index is 11.1. The second-order valence-corrected chi connectivity index (χ2v) is 6.48. The van der Waals surface area contributed by atoms with Gasteiger partial charge in [-0.3, -0.25) is 0 Å². The van der Waals surface area contributed by atoms with Crippen LogP contribution in [0.3, 0.4) is 0 Å². The molecule has 1 atom stereocenters. The summed E-state index contributed by atoms with van der Waals surface area (Å²) in [5.41, 5.74) is 3.01. The van der Waals surface area contributed by atoms with Gasteiger partial charge in [-0.1, -0.05) is 91.0 Å². The molecule has 0 fully saturated rings. The van der Waals surface area contributed by atoms with Gasteiger partial charge in [-0.2, -0.15) is 0 Å². The van der Waals surface area contributed by atoms with Crippen molar-refractivity contribution < 1.29 is 14.4 Å². The number of hydrogen-bond donors (Lipinski definition) is 1. The highest BCUT2D eigenvalue weighted by atomic mass is 31.1. The van der Waals surface area contributed by atoms with Crippen LogP contribution in [0.4, 0.5) is 4.79 Å². The van der Waals surface area contributed by atoms with Crippen LogP contribution in [-0.2, 0) is 9.68 Å². The average molecular weight is 336 g/mol. The van der Waals surface area contributed by atoms with Gasteiger partial charge in [0.1, 0.15) is 8.81 Å².